The fraction of sp³-hybridized carbons (Fsp3) is 0. The Labute approximate surface area is 335 Å². The molecule has 0 aliphatic rings. The molecule has 0 radical (unpaired) electrons. The van der Waals surface area contributed by atoms with Crippen LogP contribution in [0.25, 0.3) is 113 Å². The highest BCUT2D eigenvalue weighted by atomic mass is 32.1. The first-order valence-corrected chi connectivity index (χ1v) is 20.6. The molecule has 4 heterocycles. The summed E-state index contributed by atoms with van der Waals surface area (Å²) < 4.78 is 7.52. The summed E-state index contributed by atoms with van der Waals surface area (Å²) in [4.78, 5) is 15.0. The average Bonchev–Trinajstić information content (AvgIpc) is 3.95. The number of thiophene rings is 2. The summed E-state index contributed by atoms with van der Waals surface area (Å²) in [5.74, 6) is 1.98. The molecule has 0 amide bonds. The van der Waals surface area contributed by atoms with E-state index in [0.29, 0.717) is 17.5 Å². The number of nitrogens with zero attached hydrogens (tertiary/aromatic N) is 4. The second-order valence-electron chi connectivity index (χ2n) is 14.4. The summed E-state index contributed by atoms with van der Waals surface area (Å²) in [6.07, 6.45) is 0. The van der Waals surface area contributed by atoms with Gasteiger partial charge < -0.3 is 4.57 Å². The van der Waals surface area contributed by atoms with Crippen LogP contribution in [0.4, 0.5) is 0 Å². The van der Waals surface area contributed by atoms with Crippen molar-refractivity contribution in [3.8, 4) is 51.0 Å². The Morgan fingerprint density at radius 1 is 0.316 bits per heavy atom. The van der Waals surface area contributed by atoms with Gasteiger partial charge in [0, 0.05) is 67.8 Å². The lowest BCUT2D eigenvalue weighted by Gasteiger charge is -2.10. The van der Waals surface area contributed by atoms with Gasteiger partial charge in [0.05, 0.1) is 16.7 Å². The fourth-order valence-electron chi connectivity index (χ4n) is 8.39. The van der Waals surface area contributed by atoms with E-state index in [1.54, 1.807) is 0 Å². The van der Waals surface area contributed by atoms with Crippen LogP contribution in [0.5, 0.6) is 0 Å². The van der Waals surface area contributed by atoms with Crippen molar-refractivity contribution in [3.63, 3.8) is 0 Å². The van der Waals surface area contributed by atoms with Crippen molar-refractivity contribution in [1.29, 1.82) is 0 Å². The molecule has 8 aromatic carbocycles. The highest BCUT2D eigenvalue weighted by Crippen LogP contribution is 2.43. The summed E-state index contributed by atoms with van der Waals surface area (Å²) in [5.41, 5.74) is 8.94. The van der Waals surface area contributed by atoms with Crippen LogP contribution in [0.3, 0.4) is 0 Å². The van der Waals surface area contributed by atoms with Crippen LogP contribution in [0.1, 0.15) is 0 Å². The first-order chi connectivity index (χ1) is 28.2. The van der Waals surface area contributed by atoms with Gasteiger partial charge >= 0.3 is 0 Å². The van der Waals surface area contributed by atoms with Crippen molar-refractivity contribution in [3.05, 3.63) is 182 Å². The molecule has 0 aliphatic heterocycles. The Morgan fingerprint density at radius 2 is 0.772 bits per heavy atom. The van der Waals surface area contributed by atoms with Crippen molar-refractivity contribution in [2.75, 3.05) is 0 Å². The second kappa shape index (κ2) is 12.8. The molecule has 0 unspecified atom stereocenters. The van der Waals surface area contributed by atoms with E-state index in [9.17, 15) is 0 Å². The smallest absolute Gasteiger partial charge is 0.164 e. The first-order valence-electron chi connectivity index (χ1n) is 19.0. The minimum atomic E-state index is 0.661. The number of rotatable bonds is 5. The maximum absolute atomic E-state index is 5.02. The zero-order valence-electron chi connectivity index (χ0n) is 30.4. The number of hydrogen-bond donors (Lipinski definition) is 0. The van der Waals surface area contributed by atoms with Crippen LogP contribution >= 0.6 is 22.7 Å². The lowest BCUT2D eigenvalue weighted by molar-refractivity contribution is 1.07. The zero-order chi connectivity index (χ0) is 37.5. The van der Waals surface area contributed by atoms with Crippen LogP contribution in [0.2, 0.25) is 0 Å². The number of benzene rings is 8. The molecule has 0 atom stereocenters. The van der Waals surface area contributed by atoms with Crippen LogP contribution in [0, 0.1) is 0 Å². The van der Waals surface area contributed by atoms with Crippen LogP contribution in [-0.4, -0.2) is 19.5 Å². The predicted molar refractivity (Wildman–Crippen MR) is 242 cm³/mol. The summed E-state index contributed by atoms with van der Waals surface area (Å²) in [7, 11) is 0. The quantitative estimate of drug-likeness (QED) is 0.175. The van der Waals surface area contributed by atoms with Crippen LogP contribution in [0.15, 0.2) is 182 Å². The molecule has 0 N–H and O–H groups in total. The molecule has 12 aromatic rings. The summed E-state index contributed by atoms with van der Waals surface area (Å²) >= 11 is 3.69. The van der Waals surface area contributed by atoms with Gasteiger partial charge in [0.1, 0.15) is 0 Å². The molecular weight excluding hydrogens is 733 g/mol. The zero-order valence-corrected chi connectivity index (χ0v) is 32.1. The molecule has 0 fully saturated rings. The highest BCUT2D eigenvalue weighted by Gasteiger charge is 2.18. The second-order valence-corrected chi connectivity index (χ2v) is 16.6. The minimum Gasteiger partial charge on any atom is -0.309 e. The van der Waals surface area contributed by atoms with Gasteiger partial charge in [-0.2, -0.15) is 0 Å². The molecule has 57 heavy (non-hydrogen) atoms. The first kappa shape index (κ1) is 32.3. The van der Waals surface area contributed by atoms with Crippen molar-refractivity contribution in [2.45, 2.75) is 0 Å². The Bertz CT molecular complexity index is 3410. The number of para-hydroxylation sites is 2. The normalized spacial score (nSPS) is 11.9. The van der Waals surface area contributed by atoms with E-state index >= 15 is 0 Å². The highest BCUT2D eigenvalue weighted by molar-refractivity contribution is 7.26. The molecule has 12 rings (SSSR count). The van der Waals surface area contributed by atoms with E-state index in [2.05, 4.69) is 126 Å². The van der Waals surface area contributed by atoms with E-state index in [-0.39, 0.29) is 0 Å². The molecule has 0 saturated heterocycles. The van der Waals surface area contributed by atoms with E-state index < -0.39 is 0 Å². The van der Waals surface area contributed by atoms with Gasteiger partial charge in [-0.05, 0) is 77.9 Å². The molecule has 0 aliphatic carbocycles. The van der Waals surface area contributed by atoms with Gasteiger partial charge in [0.2, 0.25) is 0 Å². The number of fused-ring (bicyclic) bond motifs is 9. The number of hydrogen-bond acceptors (Lipinski definition) is 5. The van der Waals surface area contributed by atoms with Crippen molar-refractivity contribution in [2.24, 2.45) is 0 Å². The molecular formula is C51H30N4S2. The third kappa shape index (κ3) is 5.22. The summed E-state index contributed by atoms with van der Waals surface area (Å²) in [6.45, 7) is 0. The third-order valence-electron chi connectivity index (χ3n) is 11.1. The van der Waals surface area contributed by atoms with Gasteiger partial charge in [-0.15, -0.1) is 22.7 Å². The van der Waals surface area contributed by atoms with Crippen molar-refractivity contribution < 1.29 is 0 Å². The average molecular weight is 763 g/mol. The maximum atomic E-state index is 5.02. The Hall–Kier alpha value is -6.99. The van der Waals surface area contributed by atoms with Crippen molar-refractivity contribution >= 4 is 84.8 Å². The van der Waals surface area contributed by atoms with Crippen molar-refractivity contribution in [1.82, 2.24) is 19.5 Å². The van der Waals surface area contributed by atoms with E-state index in [1.165, 1.54) is 79.0 Å². The predicted octanol–water partition coefficient (Wildman–Crippen LogP) is 14.4. The number of aromatic nitrogens is 4. The molecule has 4 nitrogen and oxygen atoms in total. The van der Waals surface area contributed by atoms with Gasteiger partial charge in [0.25, 0.3) is 0 Å². The monoisotopic (exact) mass is 762 g/mol. The van der Waals surface area contributed by atoms with Crippen LogP contribution in [-0.2, 0) is 0 Å². The Morgan fingerprint density at radius 3 is 1.37 bits per heavy atom. The lowest BCUT2D eigenvalue weighted by Crippen LogP contribution is -2.00. The molecule has 0 bridgehead atoms. The van der Waals surface area contributed by atoms with Crippen LogP contribution < -0.4 is 0 Å². The molecule has 0 spiro atoms. The minimum absolute atomic E-state index is 0.661. The SMILES string of the molecule is c1ccc(-c2nc(-c3ccccc3)nc(-c3ccc4sc5ccc(-c6ccc7sc8cccc(-n9c%10ccccc%10c%10ccccc%109)c8c7c6)cc5c4c3)n2)cc1. The maximum Gasteiger partial charge on any atom is 0.164 e. The molecule has 6 heteroatoms. The largest absolute Gasteiger partial charge is 0.309 e. The molecule has 266 valence electrons. The Balaban J connectivity index is 1.01. The summed E-state index contributed by atoms with van der Waals surface area (Å²) in [6, 6.07) is 65.0. The van der Waals surface area contributed by atoms with E-state index in [4.69, 9.17) is 15.0 Å². The van der Waals surface area contributed by atoms with Gasteiger partial charge in [-0.1, -0.05) is 115 Å². The topological polar surface area (TPSA) is 43.6 Å². The summed E-state index contributed by atoms with van der Waals surface area (Å²) in [5, 5.41) is 7.55. The molecule has 0 saturated carbocycles. The van der Waals surface area contributed by atoms with E-state index in [0.717, 1.165) is 16.7 Å². The lowest BCUT2D eigenvalue weighted by atomic mass is 10.00. The fourth-order valence-corrected chi connectivity index (χ4v) is 10.6. The third-order valence-corrected chi connectivity index (χ3v) is 13.3. The standard InChI is InChI=1S/C51H30N4S2/c1-3-12-31(13-4-1)49-52-50(32-14-5-2-6-15-32)54-51(53-49)35-24-27-45-39(30-35)38-28-33(22-25-44(38)56-45)34-23-26-46-40(29-34)48-43(20-11-21-47(48)57-46)55-41-18-9-7-16-36(41)37-17-8-10-19-42(37)55/h1-30H. The van der Waals surface area contributed by atoms with Gasteiger partial charge in [-0.3, -0.25) is 0 Å². The Kier molecular flexibility index (Phi) is 7.24. The van der Waals surface area contributed by atoms with Gasteiger partial charge in [-0.25, -0.2) is 15.0 Å². The van der Waals surface area contributed by atoms with E-state index in [1.807, 2.05) is 83.3 Å². The molecule has 4 aromatic heterocycles. The van der Waals surface area contributed by atoms with Gasteiger partial charge in [0.15, 0.2) is 17.5 Å².